The lowest BCUT2D eigenvalue weighted by molar-refractivity contribution is 0.201. The van der Waals surface area contributed by atoms with Gasteiger partial charge in [-0.2, -0.15) is 0 Å². The Balaban J connectivity index is 1.86. The normalized spacial score (nSPS) is 17.3. The molecule has 0 bridgehead atoms. The van der Waals surface area contributed by atoms with Crippen molar-refractivity contribution in [2.75, 3.05) is 38.2 Å². The molecule has 1 fully saturated rings. The van der Waals surface area contributed by atoms with Gasteiger partial charge in [-0.25, -0.2) is 13.2 Å². The SMILES string of the molecule is CCN(C)Cc1cccc(CNC(=O)N2CCS(=O)(=O)CC2)c1. The Labute approximate surface area is 138 Å². The highest BCUT2D eigenvalue weighted by atomic mass is 32.2. The standard InChI is InChI=1S/C16H25N3O3S/c1-3-18(2)13-15-6-4-5-14(11-15)12-17-16(20)19-7-9-23(21,22)10-8-19/h4-6,11H,3,7-10,12-13H2,1-2H3,(H,17,20). The lowest BCUT2D eigenvalue weighted by Crippen LogP contribution is -2.47. The van der Waals surface area contributed by atoms with Crippen molar-refractivity contribution in [2.24, 2.45) is 0 Å². The van der Waals surface area contributed by atoms with Crippen LogP contribution in [0.3, 0.4) is 0 Å². The van der Waals surface area contributed by atoms with Crippen molar-refractivity contribution in [3.63, 3.8) is 0 Å². The van der Waals surface area contributed by atoms with Crippen LogP contribution >= 0.6 is 0 Å². The molecule has 1 aliphatic rings. The van der Waals surface area contributed by atoms with Gasteiger partial charge in [0.25, 0.3) is 0 Å². The summed E-state index contributed by atoms with van der Waals surface area (Å²) in [5.74, 6) is 0.110. The molecule has 7 heteroatoms. The molecule has 1 aliphatic heterocycles. The van der Waals surface area contributed by atoms with Gasteiger partial charge in [-0.05, 0) is 24.7 Å². The summed E-state index contributed by atoms with van der Waals surface area (Å²) in [5, 5.41) is 2.87. The van der Waals surface area contributed by atoms with E-state index in [1.165, 1.54) is 5.56 Å². The molecule has 2 rings (SSSR count). The van der Waals surface area contributed by atoms with Crippen molar-refractivity contribution in [3.8, 4) is 0 Å². The Morgan fingerprint density at radius 1 is 1.26 bits per heavy atom. The van der Waals surface area contributed by atoms with Crippen molar-refractivity contribution >= 4 is 15.9 Å². The second kappa shape index (κ2) is 7.79. The van der Waals surface area contributed by atoms with Gasteiger partial charge in [-0.15, -0.1) is 0 Å². The Kier molecular flexibility index (Phi) is 6.01. The van der Waals surface area contributed by atoms with Crippen LogP contribution in [0.1, 0.15) is 18.1 Å². The minimum atomic E-state index is -2.96. The molecule has 2 amide bonds. The summed E-state index contributed by atoms with van der Waals surface area (Å²) < 4.78 is 22.8. The van der Waals surface area contributed by atoms with Gasteiger partial charge in [-0.3, -0.25) is 0 Å². The number of rotatable bonds is 5. The lowest BCUT2D eigenvalue weighted by atomic mass is 10.1. The van der Waals surface area contributed by atoms with E-state index in [-0.39, 0.29) is 30.6 Å². The molecule has 0 aliphatic carbocycles. The van der Waals surface area contributed by atoms with Crippen LogP contribution in [0.25, 0.3) is 0 Å². The Morgan fingerprint density at radius 3 is 2.57 bits per heavy atom. The van der Waals surface area contributed by atoms with E-state index in [1.54, 1.807) is 4.90 Å². The zero-order valence-electron chi connectivity index (χ0n) is 13.8. The van der Waals surface area contributed by atoms with Crippen LogP contribution < -0.4 is 5.32 Å². The number of carbonyl (C=O) groups is 1. The maximum absolute atomic E-state index is 12.1. The zero-order valence-corrected chi connectivity index (χ0v) is 14.6. The van der Waals surface area contributed by atoms with E-state index in [0.29, 0.717) is 6.54 Å². The van der Waals surface area contributed by atoms with Crippen LogP contribution in [0.15, 0.2) is 24.3 Å². The first-order chi connectivity index (χ1) is 10.9. The van der Waals surface area contributed by atoms with Gasteiger partial charge in [0.05, 0.1) is 11.5 Å². The Hall–Kier alpha value is -1.60. The smallest absolute Gasteiger partial charge is 0.317 e. The molecule has 6 nitrogen and oxygen atoms in total. The Bertz CT molecular complexity index is 632. The number of nitrogens with one attached hydrogen (secondary N) is 1. The first-order valence-electron chi connectivity index (χ1n) is 7.89. The number of urea groups is 1. The third-order valence-electron chi connectivity index (χ3n) is 4.06. The number of hydrogen-bond acceptors (Lipinski definition) is 4. The molecule has 1 saturated heterocycles. The molecule has 0 saturated carbocycles. The number of carbonyl (C=O) groups excluding carboxylic acids is 1. The third-order valence-corrected chi connectivity index (χ3v) is 5.67. The summed E-state index contributed by atoms with van der Waals surface area (Å²) in [6.45, 7) is 4.97. The summed E-state index contributed by atoms with van der Waals surface area (Å²) in [6.07, 6.45) is 0. The predicted molar refractivity (Wildman–Crippen MR) is 90.9 cm³/mol. The molecule has 0 aromatic heterocycles. The molecule has 128 valence electrons. The quantitative estimate of drug-likeness (QED) is 0.871. The van der Waals surface area contributed by atoms with E-state index in [9.17, 15) is 13.2 Å². The first kappa shape index (κ1) is 17.7. The van der Waals surface area contributed by atoms with Crippen molar-refractivity contribution < 1.29 is 13.2 Å². The molecule has 1 N–H and O–H groups in total. The van der Waals surface area contributed by atoms with E-state index in [2.05, 4.69) is 36.3 Å². The molecule has 0 atom stereocenters. The monoisotopic (exact) mass is 339 g/mol. The molecule has 0 unspecified atom stereocenters. The fourth-order valence-electron chi connectivity index (χ4n) is 2.47. The zero-order chi connectivity index (χ0) is 16.9. The van der Waals surface area contributed by atoms with Crippen LogP contribution in [-0.4, -0.2) is 62.4 Å². The van der Waals surface area contributed by atoms with Gasteiger partial charge in [-0.1, -0.05) is 31.2 Å². The van der Waals surface area contributed by atoms with Crippen molar-refractivity contribution in [1.82, 2.24) is 15.1 Å². The van der Waals surface area contributed by atoms with Gasteiger partial charge in [0, 0.05) is 26.2 Å². The van der Waals surface area contributed by atoms with Crippen molar-refractivity contribution in [2.45, 2.75) is 20.0 Å². The van der Waals surface area contributed by atoms with Gasteiger partial charge in [0.15, 0.2) is 9.84 Å². The van der Waals surface area contributed by atoms with E-state index < -0.39 is 9.84 Å². The van der Waals surface area contributed by atoms with Crippen LogP contribution in [0.5, 0.6) is 0 Å². The van der Waals surface area contributed by atoms with Crippen molar-refractivity contribution in [1.29, 1.82) is 0 Å². The summed E-state index contributed by atoms with van der Waals surface area (Å²) >= 11 is 0. The van der Waals surface area contributed by atoms with E-state index in [0.717, 1.165) is 18.7 Å². The van der Waals surface area contributed by atoms with Gasteiger partial charge < -0.3 is 15.1 Å². The van der Waals surface area contributed by atoms with Gasteiger partial charge >= 0.3 is 6.03 Å². The molecule has 0 radical (unpaired) electrons. The highest BCUT2D eigenvalue weighted by molar-refractivity contribution is 7.91. The first-order valence-corrected chi connectivity index (χ1v) is 9.71. The molecule has 1 aromatic rings. The maximum atomic E-state index is 12.1. The maximum Gasteiger partial charge on any atom is 0.317 e. The average Bonchev–Trinajstić information content (AvgIpc) is 2.53. The predicted octanol–water partition coefficient (Wildman–Crippen LogP) is 1.08. The Morgan fingerprint density at radius 2 is 1.91 bits per heavy atom. The van der Waals surface area contributed by atoms with E-state index >= 15 is 0 Å². The van der Waals surface area contributed by atoms with Crippen LogP contribution in [0.2, 0.25) is 0 Å². The van der Waals surface area contributed by atoms with Crippen LogP contribution in [0.4, 0.5) is 4.79 Å². The molecule has 0 spiro atoms. The van der Waals surface area contributed by atoms with Gasteiger partial charge in [0.2, 0.25) is 0 Å². The highest BCUT2D eigenvalue weighted by Crippen LogP contribution is 2.08. The molecule has 1 heterocycles. The summed E-state index contributed by atoms with van der Waals surface area (Å²) in [7, 11) is -0.894. The summed E-state index contributed by atoms with van der Waals surface area (Å²) in [5.41, 5.74) is 2.26. The fraction of sp³-hybridized carbons (Fsp3) is 0.562. The van der Waals surface area contributed by atoms with Crippen molar-refractivity contribution in [3.05, 3.63) is 35.4 Å². The minimum Gasteiger partial charge on any atom is -0.334 e. The fourth-order valence-corrected chi connectivity index (χ4v) is 3.67. The molecular formula is C16H25N3O3S. The lowest BCUT2D eigenvalue weighted by Gasteiger charge is -2.26. The number of benzene rings is 1. The summed E-state index contributed by atoms with van der Waals surface area (Å²) in [4.78, 5) is 15.9. The molecule has 1 aromatic carbocycles. The van der Waals surface area contributed by atoms with Crippen LogP contribution in [0, 0.1) is 0 Å². The topological polar surface area (TPSA) is 69.7 Å². The second-order valence-corrected chi connectivity index (χ2v) is 8.25. The minimum absolute atomic E-state index is 0.0548. The van der Waals surface area contributed by atoms with Crippen LogP contribution in [-0.2, 0) is 22.9 Å². The number of hydrogen-bond donors (Lipinski definition) is 1. The second-order valence-electron chi connectivity index (χ2n) is 5.95. The largest absolute Gasteiger partial charge is 0.334 e. The number of sulfone groups is 1. The number of amides is 2. The average molecular weight is 339 g/mol. The molecule has 23 heavy (non-hydrogen) atoms. The highest BCUT2D eigenvalue weighted by Gasteiger charge is 2.24. The van der Waals surface area contributed by atoms with Gasteiger partial charge in [0.1, 0.15) is 0 Å². The number of nitrogens with zero attached hydrogens (tertiary/aromatic N) is 2. The molecular weight excluding hydrogens is 314 g/mol. The van der Waals surface area contributed by atoms with E-state index in [4.69, 9.17) is 0 Å². The third kappa shape index (κ3) is 5.51. The van der Waals surface area contributed by atoms with E-state index in [1.807, 2.05) is 12.1 Å². The summed E-state index contributed by atoms with van der Waals surface area (Å²) in [6, 6.07) is 7.94.